The molecule has 0 N–H and O–H groups in total. The fourth-order valence-corrected chi connectivity index (χ4v) is 2.82. The molecule has 0 radical (unpaired) electrons. The Bertz CT molecular complexity index is 539. The summed E-state index contributed by atoms with van der Waals surface area (Å²) < 4.78 is 1.39. The van der Waals surface area contributed by atoms with Gasteiger partial charge in [0.15, 0.2) is 0 Å². The van der Waals surface area contributed by atoms with E-state index in [0.29, 0.717) is 0 Å². The van der Waals surface area contributed by atoms with Gasteiger partial charge < -0.3 is 0 Å². The lowest BCUT2D eigenvalue weighted by Gasteiger charge is -1.87. The van der Waals surface area contributed by atoms with Gasteiger partial charge in [-0.2, -0.15) is 0 Å². The molecule has 1 aromatic rings. The van der Waals surface area contributed by atoms with Crippen molar-refractivity contribution in [3.05, 3.63) is 51.1 Å². The Labute approximate surface area is 94.3 Å². The van der Waals surface area contributed by atoms with Crippen molar-refractivity contribution in [2.75, 3.05) is 0 Å². The van der Waals surface area contributed by atoms with Crippen molar-refractivity contribution in [1.29, 1.82) is 0 Å². The van der Waals surface area contributed by atoms with E-state index in [9.17, 15) is 0 Å². The Hall–Kier alpha value is -1.34. The third kappa shape index (κ3) is 2.02. The summed E-state index contributed by atoms with van der Waals surface area (Å²) in [5, 5.41) is 1.37. The molecule has 0 aliphatic heterocycles. The van der Waals surface area contributed by atoms with Gasteiger partial charge in [0.05, 0.1) is 0 Å². The average molecular weight is 214 g/mol. The molecule has 0 atom stereocenters. The molecule has 1 heterocycles. The Morgan fingerprint density at radius 2 is 2.33 bits per heavy atom. The molecule has 0 spiro atoms. The molecular formula is C14H14S. The highest BCUT2D eigenvalue weighted by molar-refractivity contribution is 7.11. The molecule has 0 saturated carbocycles. The van der Waals surface area contributed by atoms with Crippen LogP contribution in [0.5, 0.6) is 0 Å². The Morgan fingerprint density at radius 3 is 3.13 bits per heavy atom. The molecule has 0 fully saturated rings. The van der Waals surface area contributed by atoms with Crippen LogP contribution >= 0.6 is 11.3 Å². The molecule has 1 aliphatic carbocycles. The summed E-state index contributed by atoms with van der Waals surface area (Å²) in [6, 6.07) is 0. The largest absolute Gasteiger partial charge is 0.136 e. The zero-order chi connectivity index (χ0) is 10.7. The predicted molar refractivity (Wildman–Crippen MR) is 70.2 cm³/mol. The molecule has 0 aromatic carbocycles. The van der Waals surface area contributed by atoms with E-state index >= 15 is 0 Å². The first kappa shape index (κ1) is 10.2. The van der Waals surface area contributed by atoms with Crippen LogP contribution in [0.2, 0.25) is 0 Å². The lowest BCUT2D eigenvalue weighted by atomic mass is 10.2. The van der Waals surface area contributed by atoms with Crippen LogP contribution in [0.1, 0.15) is 16.9 Å². The zero-order valence-electron chi connectivity index (χ0n) is 8.86. The van der Waals surface area contributed by atoms with Crippen LogP contribution in [0, 0.1) is 6.92 Å². The van der Waals surface area contributed by atoms with Crippen molar-refractivity contribution in [2.45, 2.75) is 13.3 Å². The van der Waals surface area contributed by atoms with Gasteiger partial charge in [-0.15, -0.1) is 11.3 Å². The van der Waals surface area contributed by atoms with Crippen LogP contribution in [0.25, 0.3) is 18.2 Å². The number of rotatable bonds is 2. The minimum absolute atomic E-state index is 1.04. The minimum Gasteiger partial charge on any atom is -0.136 e. The summed E-state index contributed by atoms with van der Waals surface area (Å²) in [7, 11) is 0. The number of hydrogen-bond donors (Lipinski definition) is 0. The quantitative estimate of drug-likeness (QED) is 0.664. The summed E-state index contributed by atoms with van der Waals surface area (Å²) in [5.74, 6) is 0. The van der Waals surface area contributed by atoms with Crippen molar-refractivity contribution in [3.8, 4) is 0 Å². The smallest absolute Gasteiger partial charge is 0.0315 e. The standard InChI is InChI=1S/C14H14S/c1-3-4-9-13-11(2)12-8-6-5-7-10-14(12)15-13/h3-6,8-10H,1,7H2,2H3/b9-4-. The first-order valence-electron chi connectivity index (χ1n) is 5.08. The van der Waals surface area contributed by atoms with E-state index in [2.05, 4.69) is 43.9 Å². The van der Waals surface area contributed by atoms with E-state index in [0.717, 1.165) is 6.42 Å². The number of thiophene rings is 1. The first-order valence-corrected chi connectivity index (χ1v) is 5.90. The second-order valence-electron chi connectivity index (χ2n) is 3.50. The third-order valence-corrected chi connectivity index (χ3v) is 3.75. The fraction of sp³-hybridized carbons (Fsp3) is 0.143. The topological polar surface area (TPSA) is 0 Å². The van der Waals surface area contributed by atoms with Crippen molar-refractivity contribution >= 4 is 29.6 Å². The van der Waals surface area contributed by atoms with E-state index in [1.54, 1.807) is 0 Å². The Kier molecular flexibility index (Phi) is 3.02. The van der Waals surface area contributed by atoms with Crippen LogP contribution in [0.4, 0.5) is 0 Å². The van der Waals surface area contributed by atoms with Gasteiger partial charge in [0, 0.05) is 9.41 Å². The summed E-state index contributed by atoms with van der Waals surface area (Å²) in [6.07, 6.45) is 15.8. The molecule has 0 saturated heterocycles. The van der Waals surface area contributed by atoms with Gasteiger partial charge in [-0.3, -0.25) is 0 Å². The average Bonchev–Trinajstić information content (AvgIpc) is 2.44. The molecular weight excluding hydrogens is 200 g/mol. The Balaban J connectivity index is 2.64. The van der Waals surface area contributed by atoms with Crippen molar-refractivity contribution in [3.63, 3.8) is 0 Å². The molecule has 0 bridgehead atoms. The van der Waals surface area contributed by atoms with E-state index in [4.69, 9.17) is 0 Å². The van der Waals surface area contributed by atoms with Gasteiger partial charge in [-0.1, -0.05) is 43.0 Å². The maximum Gasteiger partial charge on any atom is 0.0315 e. The van der Waals surface area contributed by atoms with E-state index in [1.165, 1.54) is 20.2 Å². The monoisotopic (exact) mass is 214 g/mol. The summed E-state index contributed by atoms with van der Waals surface area (Å²) in [4.78, 5) is 1.34. The number of allylic oxidation sites excluding steroid dienone is 4. The highest BCUT2D eigenvalue weighted by Crippen LogP contribution is 2.10. The SMILES string of the molecule is C=C/C=C\c1sc2c(c1C)=CC=CCC=2. The summed E-state index contributed by atoms with van der Waals surface area (Å²) in [5.41, 5.74) is 1.37. The molecule has 2 rings (SSSR count). The second kappa shape index (κ2) is 4.45. The van der Waals surface area contributed by atoms with Gasteiger partial charge in [0.2, 0.25) is 0 Å². The first-order chi connectivity index (χ1) is 7.33. The minimum atomic E-state index is 1.04. The molecule has 1 aliphatic rings. The lowest BCUT2D eigenvalue weighted by Crippen LogP contribution is -2.19. The molecule has 1 heteroatoms. The predicted octanol–water partition coefficient (Wildman–Crippen LogP) is 2.78. The fourth-order valence-electron chi connectivity index (χ4n) is 1.66. The van der Waals surface area contributed by atoms with Gasteiger partial charge in [0.25, 0.3) is 0 Å². The molecule has 15 heavy (non-hydrogen) atoms. The van der Waals surface area contributed by atoms with E-state index in [-0.39, 0.29) is 0 Å². The molecule has 0 nitrogen and oxygen atoms in total. The molecule has 0 unspecified atom stereocenters. The summed E-state index contributed by atoms with van der Waals surface area (Å²) >= 11 is 1.85. The van der Waals surface area contributed by atoms with Crippen LogP contribution in [0.15, 0.2) is 30.9 Å². The van der Waals surface area contributed by atoms with Crippen molar-refractivity contribution < 1.29 is 0 Å². The molecule has 76 valence electrons. The van der Waals surface area contributed by atoms with E-state index < -0.39 is 0 Å². The van der Waals surface area contributed by atoms with Crippen LogP contribution in [-0.4, -0.2) is 0 Å². The van der Waals surface area contributed by atoms with Crippen molar-refractivity contribution in [2.24, 2.45) is 0 Å². The van der Waals surface area contributed by atoms with Gasteiger partial charge >= 0.3 is 0 Å². The normalized spacial score (nSPS) is 14.2. The van der Waals surface area contributed by atoms with Crippen molar-refractivity contribution in [1.82, 2.24) is 0 Å². The highest BCUT2D eigenvalue weighted by Gasteiger charge is 2.02. The highest BCUT2D eigenvalue weighted by atomic mass is 32.1. The maximum absolute atomic E-state index is 3.69. The third-order valence-electron chi connectivity index (χ3n) is 2.48. The second-order valence-corrected chi connectivity index (χ2v) is 4.58. The van der Waals surface area contributed by atoms with Gasteiger partial charge in [-0.25, -0.2) is 0 Å². The maximum atomic E-state index is 3.69. The van der Waals surface area contributed by atoms with Gasteiger partial charge in [-0.05, 0) is 30.2 Å². The summed E-state index contributed by atoms with van der Waals surface area (Å²) in [6.45, 7) is 5.88. The molecule has 1 aromatic heterocycles. The Morgan fingerprint density at radius 1 is 1.47 bits per heavy atom. The number of fused-ring (bicyclic) bond motifs is 1. The van der Waals surface area contributed by atoms with Crippen LogP contribution in [-0.2, 0) is 0 Å². The van der Waals surface area contributed by atoms with Gasteiger partial charge in [0.1, 0.15) is 0 Å². The zero-order valence-corrected chi connectivity index (χ0v) is 9.68. The number of hydrogen-bond acceptors (Lipinski definition) is 1. The molecule has 0 amide bonds. The van der Waals surface area contributed by atoms with Crippen LogP contribution < -0.4 is 9.75 Å². The van der Waals surface area contributed by atoms with E-state index in [1.807, 2.05) is 23.5 Å². The van der Waals surface area contributed by atoms with Crippen LogP contribution in [0.3, 0.4) is 0 Å². The lowest BCUT2D eigenvalue weighted by molar-refractivity contribution is 1.45.